The van der Waals surface area contributed by atoms with Crippen LogP contribution in [0.1, 0.15) is 18.7 Å². The summed E-state index contributed by atoms with van der Waals surface area (Å²) in [6, 6.07) is 7.00. The van der Waals surface area contributed by atoms with E-state index in [1.165, 1.54) is 0 Å². The minimum absolute atomic E-state index is 0.0243. The third-order valence-corrected chi connectivity index (χ3v) is 4.35. The lowest BCUT2D eigenvalue weighted by Gasteiger charge is -2.27. The van der Waals surface area contributed by atoms with Crippen LogP contribution in [0, 0.1) is 18.3 Å². The molecular weight excluding hydrogens is 334 g/mol. The Balaban J connectivity index is 1.63. The first kappa shape index (κ1) is 18.0. The second kappa shape index (κ2) is 8.50. The van der Waals surface area contributed by atoms with Gasteiger partial charge in [0.25, 0.3) is 5.89 Å². The number of carbonyl (C=O) groups is 1. The van der Waals surface area contributed by atoms with Gasteiger partial charge < -0.3 is 19.2 Å². The molecule has 0 bridgehead atoms. The van der Waals surface area contributed by atoms with Gasteiger partial charge in [0, 0.05) is 13.2 Å². The predicted octanol–water partition coefficient (Wildman–Crippen LogP) is 1.83. The SMILES string of the molecule is C#C[C@@H](NC(=O)Cc1nnc(-c2ccccc2OC)o1)C1CCOCC1. The van der Waals surface area contributed by atoms with Gasteiger partial charge >= 0.3 is 0 Å². The molecule has 0 spiro atoms. The summed E-state index contributed by atoms with van der Waals surface area (Å²) in [6.07, 6.45) is 7.24. The Morgan fingerprint density at radius 3 is 2.88 bits per heavy atom. The summed E-state index contributed by atoms with van der Waals surface area (Å²) in [6.45, 7) is 1.34. The maximum Gasteiger partial charge on any atom is 0.251 e. The number of hydrogen-bond donors (Lipinski definition) is 1. The first-order chi connectivity index (χ1) is 12.7. The summed E-state index contributed by atoms with van der Waals surface area (Å²) in [5.74, 6) is 3.81. The van der Waals surface area contributed by atoms with Crippen molar-refractivity contribution in [3.8, 4) is 29.5 Å². The number of methoxy groups -OCH3 is 1. The molecule has 1 fully saturated rings. The van der Waals surface area contributed by atoms with Crippen LogP contribution < -0.4 is 10.1 Å². The normalized spacial score (nSPS) is 15.8. The van der Waals surface area contributed by atoms with Crippen molar-refractivity contribution in [1.82, 2.24) is 15.5 Å². The lowest BCUT2D eigenvalue weighted by atomic mass is 9.92. The molecule has 26 heavy (non-hydrogen) atoms. The third-order valence-electron chi connectivity index (χ3n) is 4.35. The Hall–Kier alpha value is -2.85. The molecule has 136 valence electrons. The Bertz CT molecular complexity index is 790. The number of terminal acetylenes is 1. The second-order valence-corrected chi connectivity index (χ2v) is 6.04. The van der Waals surface area contributed by atoms with Gasteiger partial charge in [-0.2, -0.15) is 0 Å². The van der Waals surface area contributed by atoms with Crippen LogP contribution >= 0.6 is 0 Å². The molecule has 1 saturated heterocycles. The van der Waals surface area contributed by atoms with Gasteiger partial charge in [-0.1, -0.05) is 18.1 Å². The molecule has 1 aliphatic rings. The number of nitrogens with zero attached hydrogens (tertiary/aromatic N) is 2. The summed E-state index contributed by atoms with van der Waals surface area (Å²) in [5.41, 5.74) is 0.679. The number of benzene rings is 1. The first-order valence-electron chi connectivity index (χ1n) is 8.50. The van der Waals surface area contributed by atoms with Gasteiger partial charge in [0.1, 0.15) is 12.2 Å². The van der Waals surface area contributed by atoms with Crippen LogP contribution in [-0.4, -0.2) is 42.5 Å². The highest BCUT2D eigenvalue weighted by Crippen LogP contribution is 2.28. The lowest BCUT2D eigenvalue weighted by molar-refractivity contribution is -0.121. The molecule has 1 aliphatic heterocycles. The minimum atomic E-state index is -0.317. The summed E-state index contributed by atoms with van der Waals surface area (Å²) in [4.78, 5) is 12.3. The van der Waals surface area contributed by atoms with Gasteiger partial charge in [-0.15, -0.1) is 16.6 Å². The molecule has 1 N–H and O–H groups in total. The summed E-state index contributed by atoms with van der Waals surface area (Å²) < 4.78 is 16.2. The van der Waals surface area contributed by atoms with Crippen LogP contribution in [0.25, 0.3) is 11.5 Å². The summed E-state index contributed by atoms with van der Waals surface area (Å²) >= 11 is 0. The largest absolute Gasteiger partial charge is 0.496 e. The van der Waals surface area contributed by atoms with E-state index in [0.717, 1.165) is 12.8 Å². The van der Waals surface area contributed by atoms with Gasteiger partial charge in [-0.25, -0.2) is 0 Å². The Morgan fingerprint density at radius 1 is 1.38 bits per heavy atom. The van der Waals surface area contributed by atoms with E-state index in [9.17, 15) is 4.79 Å². The van der Waals surface area contributed by atoms with Crippen LogP contribution in [0.5, 0.6) is 5.75 Å². The maximum atomic E-state index is 12.3. The lowest BCUT2D eigenvalue weighted by Crippen LogP contribution is -2.42. The molecule has 0 aliphatic carbocycles. The van der Waals surface area contributed by atoms with E-state index < -0.39 is 0 Å². The average molecular weight is 355 g/mol. The van der Waals surface area contributed by atoms with E-state index in [4.69, 9.17) is 20.3 Å². The van der Waals surface area contributed by atoms with Gasteiger partial charge in [0.2, 0.25) is 11.8 Å². The minimum Gasteiger partial charge on any atom is -0.496 e. The highest BCUT2D eigenvalue weighted by molar-refractivity contribution is 5.78. The Morgan fingerprint density at radius 2 is 2.15 bits per heavy atom. The van der Waals surface area contributed by atoms with Crippen molar-refractivity contribution < 1.29 is 18.7 Å². The second-order valence-electron chi connectivity index (χ2n) is 6.04. The standard InChI is InChI=1S/C19H21N3O4/c1-3-15(13-8-10-25-11-9-13)20-17(23)12-18-21-22-19(26-18)14-6-4-5-7-16(14)24-2/h1,4-7,13,15H,8-12H2,2H3,(H,20,23)/t15-/m1/s1. The van der Waals surface area contributed by atoms with E-state index in [-0.39, 0.29) is 30.2 Å². The number of para-hydroxylation sites is 1. The van der Waals surface area contributed by atoms with Crippen molar-refractivity contribution in [2.75, 3.05) is 20.3 Å². The number of rotatable bonds is 6. The highest BCUT2D eigenvalue weighted by atomic mass is 16.5. The Labute approximate surface area is 152 Å². The fourth-order valence-corrected chi connectivity index (χ4v) is 2.96. The first-order valence-corrected chi connectivity index (χ1v) is 8.50. The molecule has 0 saturated carbocycles. The van der Waals surface area contributed by atoms with Crippen LogP contribution in [0.2, 0.25) is 0 Å². The molecular formula is C19H21N3O4. The van der Waals surface area contributed by atoms with Crippen molar-refractivity contribution in [2.45, 2.75) is 25.3 Å². The third kappa shape index (κ3) is 4.21. The maximum absolute atomic E-state index is 12.3. The molecule has 2 aromatic rings. The van der Waals surface area contributed by atoms with Gasteiger partial charge in [-0.05, 0) is 30.9 Å². The van der Waals surface area contributed by atoms with E-state index in [0.29, 0.717) is 30.4 Å². The Kier molecular flexibility index (Phi) is 5.87. The van der Waals surface area contributed by atoms with Crippen molar-refractivity contribution in [3.05, 3.63) is 30.2 Å². The predicted molar refractivity (Wildman–Crippen MR) is 94.3 cm³/mol. The molecule has 1 aromatic carbocycles. The molecule has 7 nitrogen and oxygen atoms in total. The quantitative estimate of drug-likeness (QED) is 0.796. The van der Waals surface area contributed by atoms with Crippen molar-refractivity contribution in [1.29, 1.82) is 0 Å². The number of ether oxygens (including phenoxy) is 2. The molecule has 1 atom stereocenters. The number of carbonyl (C=O) groups excluding carboxylic acids is 1. The number of hydrogen-bond acceptors (Lipinski definition) is 6. The van der Waals surface area contributed by atoms with Gasteiger partial charge in [0.05, 0.1) is 18.7 Å². The van der Waals surface area contributed by atoms with E-state index in [1.807, 2.05) is 18.2 Å². The molecule has 3 rings (SSSR count). The van der Waals surface area contributed by atoms with Gasteiger partial charge in [-0.3, -0.25) is 4.79 Å². The van der Waals surface area contributed by atoms with Gasteiger partial charge in [0.15, 0.2) is 0 Å². The monoisotopic (exact) mass is 355 g/mol. The molecule has 1 amide bonds. The zero-order chi connectivity index (χ0) is 18.4. The molecule has 2 heterocycles. The van der Waals surface area contributed by atoms with E-state index >= 15 is 0 Å². The molecule has 0 radical (unpaired) electrons. The molecule has 0 unspecified atom stereocenters. The number of nitrogens with one attached hydrogen (secondary N) is 1. The van der Waals surface area contributed by atoms with Crippen LogP contribution in [0.3, 0.4) is 0 Å². The zero-order valence-electron chi connectivity index (χ0n) is 14.6. The summed E-state index contributed by atoms with van der Waals surface area (Å²) in [5, 5.41) is 10.8. The fourth-order valence-electron chi connectivity index (χ4n) is 2.96. The highest BCUT2D eigenvalue weighted by Gasteiger charge is 2.24. The topological polar surface area (TPSA) is 86.5 Å². The van der Waals surface area contributed by atoms with Crippen molar-refractivity contribution >= 4 is 5.91 Å². The number of aromatic nitrogens is 2. The van der Waals surface area contributed by atoms with Crippen LogP contribution in [0.15, 0.2) is 28.7 Å². The van der Waals surface area contributed by atoms with Crippen molar-refractivity contribution in [3.63, 3.8) is 0 Å². The van der Waals surface area contributed by atoms with E-state index in [2.05, 4.69) is 21.4 Å². The average Bonchev–Trinajstić information content (AvgIpc) is 3.15. The van der Waals surface area contributed by atoms with Crippen molar-refractivity contribution in [2.24, 2.45) is 5.92 Å². The smallest absolute Gasteiger partial charge is 0.251 e. The van der Waals surface area contributed by atoms with Crippen LogP contribution in [0.4, 0.5) is 0 Å². The molecule has 1 aromatic heterocycles. The summed E-state index contributed by atoms with van der Waals surface area (Å²) in [7, 11) is 1.57. The number of amides is 1. The van der Waals surface area contributed by atoms with Crippen LogP contribution in [-0.2, 0) is 16.0 Å². The molecule has 7 heteroatoms. The fraction of sp³-hybridized carbons (Fsp3) is 0.421. The van der Waals surface area contributed by atoms with E-state index in [1.54, 1.807) is 13.2 Å². The zero-order valence-corrected chi connectivity index (χ0v) is 14.6.